The van der Waals surface area contributed by atoms with Crippen LogP contribution in [0, 0.1) is 12.3 Å². The molecule has 1 aromatic heterocycles. The van der Waals surface area contributed by atoms with Crippen LogP contribution in [-0.4, -0.2) is 22.5 Å². The Kier molecular flexibility index (Phi) is 5.46. The molecule has 6 heteroatoms. The predicted molar refractivity (Wildman–Crippen MR) is 113 cm³/mol. The first-order valence-electron chi connectivity index (χ1n) is 8.69. The number of hydrogen-bond donors (Lipinski definition) is 0. The summed E-state index contributed by atoms with van der Waals surface area (Å²) >= 11 is 3.39. The summed E-state index contributed by atoms with van der Waals surface area (Å²) in [6, 6.07) is 13.1. The predicted octanol–water partition coefficient (Wildman–Crippen LogP) is 4.77. The number of rotatable bonds is 4. The average molecular weight is 428 g/mol. The monoisotopic (exact) mass is 427 g/mol. The molecule has 1 heterocycles. The van der Waals surface area contributed by atoms with Gasteiger partial charge in [0.15, 0.2) is 0 Å². The number of ether oxygens (including phenoxy) is 1. The number of benzene rings is 2. The molecule has 3 rings (SSSR count). The number of hydrogen-bond acceptors (Lipinski definition) is 4. The molecule has 0 aliphatic rings. The van der Waals surface area contributed by atoms with E-state index in [0.29, 0.717) is 23.3 Å². The van der Waals surface area contributed by atoms with Crippen LogP contribution >= 0.6 is 15.9 Å². The van der Waals surface area contributed by atoms with Crippen LogP contribution < -0.4 is 10.3 Å². The molecule has 3 aromatic rings. The molecule has 0 saturated carbocycles. The molecule has 5 nitrogen and oxygen atoms in total. The number of halogens is 1. The highest BCUT2D eigenvalue weighted by molar-refractivity contribution is 9.10. The fraction of sp³-hybridized carbons (Fsp3) is 0.286. The lowest BCUT2D eigenvalue weighted by atomic mass is 9.99. The summed E-state index contributed by atoms with van der Waals surface area (Å²) in [5.74, 6) is 1.31. The van der Waals surface area contributed by atoms with E-state index < -0.39 is 0 Å². The van der Waals surface area contributed by atoms with Crippen molar-refractivity contribution in [3.8, 4) is 5.75 Å². The van der Waals surface area contributed by atoms with E-state index in [1.54, 1.807) is 19.2 Å². The highest BCUT2D eigenvalue weighted by Gasteiger charge is 2.11. The molecule has 0 aliphatic heterocycles. The quantitative estimate of drug-likeness (QED) is 0.563. The molecule has 0 atom stereocenters. The standard InChI is InChI=1S/C21H22BrN3O2/c1-14-24-19-9-8-16(22)11-18(19)20(26)25(14)23-12-15-6-5-7-17(10-15)27-13-21(2,3)4/h5-12H,13H2,1-4H3. The van der Waals surface area contributed by atoms with E-state index in [1.807, 2.05) is 36.4 Å². The summed E-state index contributed by atoms with van der Waals surface area (Å²) in [6.07, 6.45) is 1.64. The molecule has 140 valence electrons. The van der Waals surface area contributed by atoms with Gasteiger partial charge in [-0.25, -0.2) is 4.98 Å². The van der Waals surface area contributed by atoms with Crippen molar-refractivity contribution in [3.63, 3.8) is 0 Å². The van der Waals surface area contributed by atoms with Crippen LogP contribution in [-0.2, 0) is 0 Å². The third-order valence-corrected chi connectivity index (χ3v) is 4.32. The minimum atomic E-state index is -0.199. The first-order chi connectivity index (χ1) is 12.7. The van der Waals surface area contributed by atoms with E-state index in [-0.39, 0.29) is 11.0 Å². The van der Waals surface area contributed by atoms with Crippen LogP contribution in [0.25, 0.3) is 10.9 Å². The van der Waals surface area contributed by atoms with Gasteiger partial charge < -0.3 is 4.74 Å². The van der Waals surface area contributed by atoms with Crippen LogP contribution in [0.1, 0.15) is 32.2 Å². The van der Waals surface area contributed by atoms with Gasteiger partial charge in [-0.15, -0.1) is 0 Å². The normalized spacial score (nSPS) is 12.0. The third kappa shape index (κ3) is 4.83. The van der Waals surface area contributed by atoms with E-state index in [0.717, 1.165) is 15.8 Å². The Labute approximate surface area is 166 Å². The zero-order valence-electron chi connectivity index (χ0n) is 15.9. The fourth-order valence-corrected chi connectivity index (χ4v) is 2.87. The van der Waals surface area contributed by atoms with Gasteiger partial charge >= 0.3 is 0 Å². The maximum absolute atomic E-state index is 12.8. The van der Waals surface area contributed by atoms with Gasteiger partial charge in [0.05, 0.1) is 23.7 Å². The second kappa shape index (κ2) is 7.64. The van der Waals surface area contributed by atoms with Crippen LogP contribution in [0.5, 0.6) is 5.75 Å². The van der Waals surface area contributed by atoms with Gasteiger partial charge in [0.25, 0.3) is 5.56 Å². The van der Waals surface area contributed by atoms with Crippen molar-refractivity contribution in [2.75, 3.05) is 6.61 Å². The average Bonchev–Trinajstić information content (AvgIpc) is 2.60. The molecular formula is C21H22BrN3O2. The molecule has 0 aliphatic carbocycles. The Morgan fingerprint density at radius 3 is 2.74 bits per heavy atom. The van der Waals surface area contributed by atoms with E-state index >= 15 is 0 Å². The minimum Gasteiger partial charge on any atom is -0.493 e. The Hall–Kier alpha value is -2.47. The highest BCUT2D eigenvalue weighted by atomic mass is 79.9. The van der Waals surface area contributed by atoms with E-state index in [1.165, 1.54) is 4.68 Å². The van der Waals surface area contributed by atoms with E-state index in [2.05, 4.69) is 46.8 Å². The molecule has 0 radical (unpaired) electrons. The van der Waals surface area contributed by atoms with Crippen LogP contribution in [0.3, 0.4) is 0 Å². The molecule has 2 aromatic carbocycles. The van der Waals surface area contributed by atoms with Gasteiger partial charge in [0, 0.05) is 4.47 Å². The summed E-state index contributed by atoms with van der Waals surface area (Å²) < 4.78 is 7.98. The molecule has 0 unspecified atom stereocenters. The Morgan fingerprint density at radius 2 is 2.00 bits per heavy atom. The molecule has 0 spiro atoms. The van der Waals surface area contributed by atoms with Gasteiger partial charge in [0.2, 0.25) is 0 Å². The largest absolute Gasteiger partial charge is 0.493 e. The summed E-state index contributed by atoms with van der Waals surface area (Å²) in [5.41, 5.74) is 1.39. The number of fused-ring (bicyclic) bond motifs is 1. The lowest BCUT2D eigenvalue weighted by molar-refractivity contribution is 0.198. The minimum absolute atomic E-state index is 0.0829. The zero-order chi connectivity index (χ0) is 19.6. The Morgan fingerprint density at radius 1 is 1.22 bits per heavy atom. The van der Waals surface area contributed by atoms with Crippen molar-refractivity contribution in [1.82, 2.24) is 9.66 Å². The fourth-order valence-electron chi connectivity index (χ4n) is 2.50. The van der Waals surface area contributed by atoms with Crippen molar-refractivity contribution < 1.29 is 4.74 Å². The maximum atomic E-state index is 12.8. The van der Waals surface area contributed by atoms with Gasteiger partial charge in [-0.05, 0) is 48.2 Å². The molecule has 0 N–H and O–H groups in total. The van der Waals surface area contributed by atoms with Crippen LogP contribution in [0.2, 0.25) is 0 Å². The van der Waals surface area contributed by atoms with Gasteiger partial charge in [-0.3, -0.25) is 4.79 Å². The Balaban J connectivity index is 1.91. The molecule has 0 saturated heterocycles. The number of nitrogens with zero attached hydrogens (tertiary/aromatic N) is 3. The summed E-state index contributed by atoms with van der Waals surface area (Å²) in [7, 11) is 0. The first kappa shape index (κ1) is 19.3. The zero-order valence-corrected chi connectivity index (χ0v) is 17.4. The first-order valence-corrected chi connectivity index (χ1v) is 9.48. The number of aromatic nitrogens is 2. The second-order valence-electron chi connectivity index (χ2n) is 7.60. The molecule has 0 fully saturated rings. The van der Waals surface area contributed by atoms with Gasteiger partial charge in [-0.2, -0.15) is 9.78 Å². The van der Waals surface area contributed by atoms with Crippen molar-refractivity contribution in [3.05, 3.63) is 68.7 Å². The Bertz CT molecular complexity index is 1070. The molecule has 0 amide bonds. The summed E-state index contributed by atoms with van der Waals surface area (Å²) in [6.45, 7) is 8.76. The molecule has 0 bridgehead atoms. The third-order valence-electron chi connectivity index (χ3n) is 3.82. The molecule has 27 heavy (non-hydrogen) atoms. The van der Waals surface area contributed by atoms with Gasteiger partial charge in [0.1, 0.15) is 11.6 Å². The van der Waals surface area contributed by atoms with E-state index in [9.17, 15) is 4.79 Å². The van der Waals surface area contributed by atoms with Crippen molar-refractivity contribution in [1.29, 1.82) is 0 Å². The maximum Gasteiger partial charge on any atom is 0.282 e. The lowest BCUT2D eigenvalue weighted by Gasteiger charge is -2.18. The van der Waals surface area contributed by atoms with Crippen LogP contribution in [0.15, 0.2) is 56.8 Å². The SMILES string of the molecule is Cc1nc2ccc(Br)cc2c(=O)n1N=Cc1cccc(OCC(C)(C)C)c1. The summed E-state index contributed by atoms with van der Waals surface area (Å²) in [5, 5.41) is 4.87. The smallest absolute Gasteiger partial charge is 0.282 e. The topological polar surface area (TPSA) is 56.5 Å². The van der Waals surface area contributed by atoms with Crippen molar-refractivity contribution in [2.45, 2.75) is 27.7 Å². The number of aryl methyl sites for hydroxylation is 1. The van der Waals surface area contributed by atoms with Gasteiger partial charge in [-0.1, -0.05) is 48.8 Å². The van der Waals surface area contributed by atoms with Crippen molar-refractivity contribution >= 4 is 33.0 Å². The van der Waals surface area contributed by atoms with Crippen molar-refractivity contribution in [2.24, 2.45) is 10.5 Å². The second-order valence-corrected chi connectivity index (χ2v) is 8.52. The molecular weight excluding hydrogens is 406 g/mol. The highest BCUT2D eigenvalue weighted by Crippen LogP contribution is 2.19. The lowest BCUT2D eigenvalue weighted by Crippen LogP contribution is -2.20. The van der Waals surface area contributed by atoms with Crippen LogP contribution in [0.4, 0.5) is 0 Å². The van der Waals surface area contributed by atoms with E-state index in [4.69, 9.17) is 4.74 Å². The summed E-state index contributed by atoms with van der Waals surface area (Å²) in [4.78, 5) is 17.2.